The van der Waals surface area contributed by atoms with Crippen LogP contribution in [0.5, 0.6) is 0 Å². The zero-order chi connectivity index (χ0) is 10.9. The summed E-state index contributed by atoms with van der Waals surface area (Å²) >= 11 is 5.63. The predicted octanol–water partition coefficient (Wildman–Crippen LogP) is 3.96. The van der Waals surface area contributed by atoms with Gasteiger partial charge in [0.05, 0.1) is 5.03 Å². The Kier molecular flexibility index (Phi) is 3.14. The number of hydrogen-bond donors (Lipinski definition) is 0. The van der Waals surface area contributed by atoms with Crippen LogP contribution in [0, 0.1) is 5.92 Å². The van der Waals surface area contributed by atoms with Gasteiger partial charge in [-0.1, -0.05) is 24.1 Å². The standard InChI is InChI=1S/C9H10ClF3O/c1-5-3-7(10)8(4-6(5)2)14-9(11,12)13/h3,6H,4H2,1-2H3. The molecule has 0 fully saturated rings. The number of ether oxygens (including phenoxy) is 1. The summed E-state index contributed by atoms with van der Waals surface area (Å²) in [5, 5.41) is 0.0397. The molecule has 0 amide bonds. The smallest absolute Gasteiger partial charge is 0.409 e. The maximum absolute atomic E-state index is 11.9. The molecular formula is C9H10ClF3O. The van der Waals surface area contributed by atoms with Gasteiger partial charge in [-0.3, -0.25) is 0 Å². The molecule has 80 valence electrons. The van der Waals surface area contributed by atoms with E-state index >= 15 is 0 Å². The Morgan fingerprint density at radius 2 is 2.07 bits per heavy atom. The zero-order valence-electron chi connectivity index (χ0n) is 7.78. The summed E-state index contributed by atoms with van der Waals surface area (Å²) in [5.74, 6) is -0.160. The highest BCUT2D eigenvalue weighted by molar-refractivity contribution is 6.31. The lowest BCUT2D eigenvalue weighted by Gasteiger charge is -2.22. The summed E-state index contributed by atoms with van der Waals surface area (Å²) in [7, 11) is 0. The quantitative estimate of drug-likeness (QED) is 0.658. The Balaban J connectivity index is 2.84. The Hall–Kier alpha value is -0.640. The number of halogens is 4. The van der Waals surface area contributed by atoms with E-state index in [2.05, 4.69) is 4.74 Å². The highest BCUT2D eigenvalue weighted by Gasteiger charge is 2.34. The van der Waals surface area contributed by atoms with Gasteiger partial charge in [0.2, 0.25) is 0 Å². The van der Waals surface area contributed by atoms with E-state index in [0.29, 0.717) is 0 Å². The van der Waals surface area contributed by atoms with Crippen LogP contribution in [-0.4, -0.2) is 6.36 Å². The van der Waals surface area contributed by atoms with Gasteiger partial charge in [0.1, 0.15) is 5.76 Å². The van der Waals surface area contributed by atoms with E-state index in [4.69, 9.17) is 11.6 Å². The van der Waals surface area contributed by atoms with Gasteiger partial charge < -0.3 is 4.74 Å². The average molecular weight is 227 g/mol. The molecule has 0 N–H and O–H groups in total. The van der Waals surface area contributed by atoms with Gasteiger partial charge in [0.25, 0.3) is 0 Å². The van der Waals surface area contributed by atoms with Crippen LogP contribution in [0.3, 0.4) is 0 Å². The number of allylic oxidation sites excluding steroid dienone is 4. The first kappa shape index (κ1) is 11.4. The first-order valence-electron chi connectivity index (χ1n) is 4.12. The van der Waals surface area contributed by atoms with Gasteiger partial charge in [0, 0.05) is 6.42 Å². The van der Waals surface area contributed by atoms with Crippen LogP contribution in [0.2, 0.25) is 0 Å². The molecule has 0 aromatic rings. The third kappa shape index (κ3) is 2.94. The molecule has 0 spiro atoms. The topological polar surface area (TPSA) is 9.23 Å². The minimum Gasteiger partial charge on any atom is -0.409 e. The van der Waals surface area contributed by atoms with Crippen LogP contribution in [-0.2, 0) is 4.74 Å². The van der Waals surface area contributed by atoms with Gasteiger partial charge in [-0.2, -0.15) is 0 Å². The first-order chi connectivity index (χ1) is 6.29. The van der Waals surface area contributed by atoms with Crippen LogP contribution in [0.1, 0.15) is 20.3 Å². The second-order valence-corrected chi connectivity index (χ2v) is 3.72. The lowest BCUT2D eigenvalue weighted by atomic mass is 9.93. The Morgan fingerprint density at radius 1 is 1.50 bits per heavy atom. The molecule has 1 nitrogen and oxygen atoms in total. The molecular weight excluding hydrogens is 217 g/mol. The molecule has 0 aromatic carbocycles. The molecule has 0 heterocycles. The zero-order valence-corrected chi connectivity index (χ0v) is 8.54. The van der Waals surface area contributed by atoms with Crippen molar-refractivity contribution < 1.29 is 17.9 Å². The van der Waals surface area contributed by atoms with Gasteiger partial charge in [-0.15, -0.1) is 13.2 Å². The molecule has 1 aliphatic rings. The largest absolute Gasteiger partial charge is 0.572 e. The van der Waals surface area contributed by atoms with Crippen molar-refractivity contribution in [1.29, 1.82) is 0 Å². The molecule has 14 heavy (non-hydrogen) atoms. The van der Waals surface area contributed by atoms with Crippen LogP contribution < -0.4 is 0 Å². The molecule has 1 aliphatic carbocycles. The molecule has 0 aliphatic heterocycles. The van der Waals surface area contributed by atoms with Crippen LogP contribution >= 0.6 is 11.6 Å². The van der Waals surface area contributed by atoms with Crippen LogP contribution in [0.25, 0.3) is 0 Å². The number of rotatable bonds is 1. The summed E-state index contributed by atoms with van der Waals surface area (Å²) in [4.78, 5) is 0. The molecule has 1 atom stereocenters. The fraction of sp³-hybridized carbons (Fsp3) is 0.556. The normalized spacial score (nSPS) is 23.6. The van der Waals surface area contributed by atoms with Gasteiger partial charge in [-0.25, -0.2) is 0 Å². The van der Waals surface area contributed by atoms with Gasteiger partial charge in [-0.05, 0) is 18.9 Å². The van der Waals surface area contributed by atoms with Crippen LogP contribution in [0.15, 0.2) is 22.4 Å². The summed E-state index contributed by atoms with van der Waals surface area (Å²) in [5.41, 5.74) is 0.963. The van der Waals surface area contributed by atoms with E-state index in [-0.39, 0.29) is 23.1 Å². The third-order valence-electron chi connectivity index (χ3n) is 2.13. The van der Waals surface area contributed by atoms with E-state index in [0.717, 1.165) is 5.57 Å². The summed E-state index contributed by atoms with van der Waals surface area (Å²) in [6.07, 6.45) is -2.95. The number of alkyl halides is 3. The predicted molar refractivity (Wildman–Crippen MR) is 47.6 cm³/mol. The highest BCUT2D eigenvalue weighted by Crippen LogP contribution is 2.34. The SMILES string of the molecule is CC1=CC(Cl)=C(OC(F)(F)F)CC1C. The van der Waals surface area contributed by atoms with Crippen LogP contribution in [0.4, 0.5) is 13.2 Å². The Morgan fingerprint density at radius 3 is 2.57 bits per heavy atom. The van der Waals surface area contributed by atoms with Crippen molar-refractivity contribution >= 4 is 11.6 Å². The van der Waals surface area contributed by atoms with E-state index in [1.54, 1.807) is 0 Å². The van der Waals surface area contributed by atoms with Crippen molar-refractivity contribution in [2.75, 3.05) is 0 Å². The molecule has 0 radical (unpaired) electrons. The Labute approximate surface area is 85.2 Å². The number of hydrogen-bond acceptors (Lipinski definition) is 1. The lowest BCUT2D eigenvalue weighted by molar-refractivity contribution is -0.307. The molecule has 0 saturated heterocycles. The fourth-order valence-corrected chi connectivity index (χ4v) is 1.48. The first-order valence-corrected chi connectivity index (χ1v) is 4.50. The Bertz CT molecular complexity index is 291. The molecule has 1 unspecified atom stereocenters. The maximum Gasteiger partial charge on any atom is 0.572 e. The molecule has 0 aromatic heterocycles. The fourth-order valence-electron chi connectivity index (χ4n) is 1.19. The lowest BCUT2D eigenvalue weighted by Crippen LogP contribution is -2.17. The van der Waals surface area contributed by atoms with E-state index in [9.17, 15) is 13.2 Å². The van der Waals surface area contributed by atoms with Crippen molar-refractivity contribution in [3.05, 3.63) is 22.4 Å². The minimum atomic E-state index is -4.66. The maximum atomic E-state index is 11.9. The molecule has 0 saturated carbocycles. The van der Waals surface area contributed by atoms with E-state index in [1.807, 2.05) is 13.8 Å². The van der Waals surface area contributed by atoms with Crippen molar-refractivity contribution in [3.63, 3.8) is 0 Å². The van der Waals surface area contributed by atoms with Gasteiger partial charge in [0.15, 0.2) is 0 Å². The van der Waals surface area contributed by atoms with Crippen molar-refractivity contribution in [3.8, 4) is 0 Å². The molecule has 1 rings (SSSR count). The minimum absolute atomic E-state index is 0.0369. The van der Waals surface area contributed by atoms with E-state index < -0.39 is 6.36 Å². The molecule has 5 heteroatoms. The monoisotopic (exact) mass is 226 g/mol. The summed E-state index contributed by atoms with van der Waals surface area (Å²) in [6, 6.07) is 0. The highest BCUT2D eigenvalue weighted by atomic mass is 35.5. The molecule has 0 bridgehead atoms. The second-order valence-electron chi connectivity index (χ2n) is 3.31. The summed E-state index contributed by atoms with van der Waals surface area (Å²) < 4.78 is 39.5. The average Bonchev–Trinajstić information content (AvgIpc) is 1.97. The van der Waals surface area contributed by atoms with Crippen molar-refractivity contribution in [2.24, 2.45) is 5.92 Å². The van der Waals surface area contributed by atoms with Gasteiger partial charge >= 0.3 is 6.36 Å². The van der Waals surface area contributed by atoms with E-state index in [1.165, 1.54) is 6.08 Å². The summed E-state index contributed by atoms with van der Waals surface area (Å²) in [6.45, 7) is 3.66. The van der Waals surface area contributed by atoms with Crippen molar-refractivity contribution in [2.45, 2.75) is 26.6 Å². The second kappa shape index (κ2) is 3.85. The third-order valence-corrected chi connectivity index (χ3v) is 2.45. The van der Waals surface area contributed by atoms with Crippen molar-refractivity contribution in [1.82, 2.24) is 0 Å².